The molecule has 1 heterocycles. The van der Waals surface area contributed by atoms with Crippen LogP contribution < -0.4 is 15.4 Å². The Morgan fingerprint density at radius 3 is 2.55 bits per heavy atom. The Morgan fingerprint density at radius 2 is 1.74 bits per heavy atom. The van der Waals surface area contributed by atoms with Crippen LogP contribution in [0.1, 0.15) is 55.5 Å². The Bertz CT molecular complexity index is 1070. The number of benzene rings is 2. The molecule has 0 aliphatic heterocycles. The lowest BCUT2D eigenvalue weighted by atomic mass is 9.86. The summed E-state index contributed by atoms with van der Waals surface area (Å²) >= 11 is 0. The van der Waals surface area contributed by atoms with Gasteiger partial charge in [-0.2, -0.15) is 0 Å². The number of amides is 2. The Morgan fingerprint density at radius 1 is 1.00 bits per heavy atom. The van der Waals surface area contributed by atoms with Crippen molar-refractivity contribution < 1.29 is 18.7 Å². The van der Waals surface area contributed by atoms with E-state index in [1.54, 1.807) is 25.3 Å². The normalized spacial score (nSPS) is 14.4. The summed E-state index contributed by atoms with van der Waals surface area (Å²) < 4.78 is 11.1. The average molecular weight is 421 g/mol. The van der Waals surface area contributed by atoms with E-state index in [-0.39, 0.29) is 11.7 Å². The van der Waals surface area contributed by atoms with Crippen molar-refractivity contribution in [3.8, 4) is 5.75 Å². The first-order valence-electron chi connectivity index (χ1n) is 10.9. The molecule has 1 aromatic heterocycles. The van der Waals surface area contributed by atoms with Crippen LogP contribution in [0.25, 0.3) is 11.0 Å². The Labute approximate surface area is 182 Å². The summed E-state index contributed by atoms with van der Waals surface area (Å²) in [5, 5.41) is 6.48. The fraction of sp³-hybridized carbons (Fsp3) is 0.360. The van der Waals surface area contributed by atoms with Gasteiger partial charge in [-0.15, -0.1) is 0 Å². The number of carbonyl (C=O) groups excluding carboxylic acids is 2. The molecule has 1 aliphatic rings. The molecule has 2 N–H and O–H groups in total. The van der Waals surface area contributed by atoms with Crippen LogP contribution >= 0.6 is 0 Å². The summed E-state index contributed by atoms with van der Waals surface area (Å²) in [6.07, 6.45) is 7.54. The molecule has 0 unspecified atom stereocenters. The van der Waals surface area contributed by atoms with E-state index in [9.17, 15) is 9.59 Å². The monoisotopic (exact) mass is 420 g/mol. The third-order valence-corrected chi connectivity index (χ3v) is 5.93. The summed E-state index contributed by atoms with van der Waals surface area (Å²) in [6.45, 7) is 0. The standard InChI is InChI=1S/C25H28N2O4/c1-30-21-14-8-6-12-19(21)26-25(29)24-23(18-11-5-7-13-20(18)31-24)27-22(28)16-15-17-9-3-2-4-10-17/h5-8,11-14,17H,2-4,9-10,15-16H2,1H3,(H,26,29)(H,27,28). The van der Waals surface area contributed by atoms with Gasteiger partial charge in [0.25, 0.3) is 5.91 Å². The van der Waals surface area contributed by atoms with Crippen molar-refractivity contribution in [2.45, 2.75) is 44.9 Å². The fourth-order valence-corrected chi connectivity index (χ4v) is 4.27. The van der Waals surface area contributed by atoms with E-state index < -0.39 is 5.91 Å². The summed E-state index contributed by atoms with van der Waals surface area (Å²) in [5.74, 6) is 0.712. The van der Waals surface area contributed by atoms with Gasteiger partial charge in [0.1, 0.15) is 17.0 Å². The molecule has 0 spiro atoms. The molecule has 1 aliphatic carbocycles. The lowest BCUT2D eigenvalue weighted by molar-refractivity contribution is -0.116. The van der Waals surface area contributed by atoms with E-state index in [4.69, 9.17) is 9.15 Å². The number of hydrogen-bond donors (Lipinski definition) is 2. The molecule has 0 radical (unpaired) electrons. The predicted octanol–water partition coefficient (Wildman–Crippen LogP) is 5.99. The zero-order valence-electron chi connectivity index (χ0n) is 17.8. The number of rotatable bonds is 7. The maximum absolute atomic E-state index is 13.0. The molecule has 3 aromatic rings. The lowest BCUT2D eigenvalue weighted by Gasteiger charge is -2.21. The van der Waals surface area contributed by atoms with Crippen LogP contribution in [0.5, 0.6) is 5.75 Å². The van der Waals surface area contributed by atoms with Crippen molar-refractivity contribution >= 4 is 34.2 Å². The Hall–Kier alpha value is -3.28. The number of para-hydroxylation sites is 3. The van der Waals surface area contributed by atoms with Crippen LogP contribution in [-0.2, 0) is 4.79 Å². The van der Waals surface area contributed by atoms with Gasteiger partial charge in [-0.05, 0) is 36.6 Å². The first-order chi connectivity index (χ1) is 15.2. The van der Waals surface area contributed by atoms with Gasteiger partial charge in [0.15, 0.2) is 0 Å². The Kier molecular flexibility index (Phi) is 6.55. The molecule has 0 saturated heterocycles. The number of carbonyl (C=O) groups is 2. The molecule has 1 saturated carbocycles. The highest BCUT2D eigenvalue weighted by Gasteiger charge is 2.23. The predicted molar refractivity (Wildman–Crippen MR) is 122 cm³/mol. The van der Waals surface area contributed by atoms with Gasteiger partial charge < -0.3 is 19.8 Å². The van der Waals surface area contributed by atoms with Gasteiger partial charge >= 0.3 is 0 Å². The number of methoxy groups -OCH3 is 1. The molecule has 1 fully saturated rings. The van der Waals surface area contributed by atoms with Gasteiger partial charge in [0.2, 0.25) is 11.7 Å². The number of hydrogen-bond acceptors (Lipinski definition) is 4. The maximum atomic E-state index is 13.0. The molecule has 2 aromatic carbocycles. The highest BCUT2D eigenvalue weighted by Crippen LogP contribution is 2.33. The van der Waals surface area contributed by atoms with Crippen LogP contribution in [0.2, 0.25) is 0 Å². The zero-order valence-corrected chi connectivity index (χ0v) is 17.8. The summed E-state index contributed by atoms with van der Waals surface area (Å²) in [7, 11) is 1.55. The topological polar surface area (TPSA) is 80.6 Å². The number of anilines is 2. The Balaban J connectivity index is 1.54. The number of ether oxygens (including phenoxy) is 1. The van der Waals surface area contributed by atoms with Crippen molar-refractivity contribution in [3.63, 3.8) is 0 Å². The van der Waals surface area contributed by atoms with Gasteiger partial charge in [0, 0.05) is 11.8 Å². The zero-order chi connectivity index (χ0) is 21.6. The fourth-order valence-electron chi connectivity index (χ4n) is 4.27. The quantitative estimate of drug-likeness (QED) is 0.492. The van der Waals surface area contributed by atoms with Crippen molar-refractivity contribution in [2.24, 2.45) is 5.92 Å². The molecule has 0 atom stereocenters. The highest BCUT2D eigenvalue weighted by atomic mass is 16.5. The molecular formula is C25H28N2O4. The second kappa shape index (κ2) is 9.69. The molecule has 4 rings (SSSR count). The SMILES string of the molecule is COc1ccccc1NC(=O)c1oc2ccccc2c1NC(=O)CCC1CCCCC1. The summed E-state index contributed by atoms with van der Waals surface area (Å²) in [4.78, 5) is 25.8. The van der Waals surface area contributed by atoms with E-state index in [0.717, 1.165) is 6.42 Å². The molecule has 6 heteroatoms. The van der Waals surface area contributed by atoms with Crippen LogP contribution in [-0.4, -0.2) is 18.9 Å². The third kappa shape index (κ3) is 4.90. The minimum atomic E-state index is -0.441. The first-order valence-corrected chi connectivity index (χ1v) is 10.9. The molecule has 31 heavy (non-hydrogen) atoms. The van der Waals surface area contributed by atoms with Gasteiger partial charge in [-0.25, -0.2) is 0 Å². The van der Waals surface area contributed by atoms with E-state index in [2.05, 4.69) is 10.6 Å². The molecule has 162 valence electrons. The first kappa shape index (κ1) is 21.0. The maximum Gasteiger partial charge on any atom is 0.293 e. The highest BCUT2D eigenvalue weighted by molar-refractivity contribution is 6.14. The van der Waals surface area contributed by atoms with Crippen molar-refractivity contribution in [1.29, 1.82) is 0 Å². The van der Waals surface area contributed by atoms with Crippen molar-refractivity contribution in [2.75, 3.05) is 17.7 Å². The van der Waals surface area contributed by atoms with Gasteiger partial charge in [0.05, 0.1) is 12.8 Å². The van der Waals surface area contributed by atoms with E-state index in [1.807, 2.05) is 30.3 Å². The van der Waals surface area contributed by atoms with Crippen molar-refractivity contribution in [3.05, 3.63) is 54.3 Å². The minimum Gasteiger partial charge on any atom is -0.495 e. The van der Waals surface area contributed by atoms with E-state index >= 15 is 0 Å². The molecule has 2 amide bonds. The second-order valence-corrected chi connectivity index (χ2v) is 8.05. The van der Waals surface area contributed by atoms with Crippen LogP contribution in [0.3, 0.4) is 0 Å². The smallest absolute Gasteiger partial charge is 0.293 e. The summed E-state index contributed by atoms with van der Waals surface area (Å²) in [6, 6.07) is 14.5. The average Bonchev–Trinajstić information content (AvgIpc) is 3.17. The molecule has 0 bridgehead atoms. The second-order valence-electron chi connectivity index (χ2n) is 8.05. The minimum absolute atomic E-state index is 0.0816. The van der Waals surface area contributed by atoms with Crippen LogP contribution in [0.15, 0.2) is 52.9 Å². The van der Waals surface area contributed by atoms with Crippen molar-refractivity contribution in [1.82, 2.24) is 0 Å². The van der Waals surface area contributed by atoms with Gasteiger partial charge in [-0.1, -0.05) is 56.4 Å². The van der Waals surface area contributed by atoms with E-state index in [0.29, 0.717) is 40.4 Å². The number of nitrogens with one attached hydrogen (secondary N) is 2. The van der Waals surface area contributed by atoms with E-state index in [1.165, 1.54) is 32.1 Å². The molecular weight excluding hydrogens is 392 g/mol. The lowest BCUT2D eigenvalue weighted by Crippen LogP contribution is -2.18. The van der Waals surface area contributed by atoms with Crippen LogP contribution in [0, 0.1) is 5.92 Å². The van der Waals surface area contributed by atoms with Crippen LogP contribution in [0.4, 0.5) is 11.4 Å². The third-order valence-electron chi connectivity index (χ3n) is 5.93. The molecule has 6 nitrogen and oxygen atoms in total. The van der Waals surface area contributed by atoms with Gasteiger partial charge in [-0.3, -0.25) is 9.59 Å². The largest absolute Gasteiger partial charge is 0.495 e. The number of furan rings is 1. The number of fused-ring (bicyclic) bond motifs is 1. The summed E-state index contributed by atoms with van der Waals surface area (Å²) in [5.41, 5.74) is 1.50.